The first kappa shape index (κ1) is 16.7. The number of nitrogens with one attached hydrogen (secondary N) is 1. The number of likely N-dealkylation sites (tertiary alicyclic amines) is 1. The quantitative estimate of drug-likeness (QED) is 0.869. The first-order chi connectivity index (χ1) is 11.5. The molecule has 2 heterocycles. The van der Waals surface area contributed by atoms with E-state index in [2.05, 4.69) is 14.7 Å². The Morgan fingerprint density at radius 2 is 2.08 bits per heavy atom. The number of amides is 2. The summed E-state index contributed by atoms with van der Waals surface area (Å²) >= 11 is 7.04. The van der Waals surface area contributed by atoms with E-state index in [4.69, 9.17) is 16.7 Å². The highest BCUT2D eigenvalue weighted by molar-refractivity contribution is 7.10. The Kier molecular flexibility index (Phi) is 4.96. The average molecular weight is 367 g/mol. The van der Waals surface area contributed by atoms with E-state index in [0.29, 0.717) is 41.9 Å². The van der Waals surface area contributed by atoms with Crippen LogP contribution in [0.3, 0.4) is 0 Å². The second-order valence-electron chi connectivity index (χ2n) is 5.46. The Balaban J connectivity index is 1.61. The number of halogens is 1. The molecule has 1 aromatic carbocycles. The van der Waals surface area contributed by atoms with E-state index in [9.17, 15) is 9.59 Å². The number of carbonyl (C=O) groups is 2. The van der Waals surface area contributed by atoms with E-state index >= 15 is 0 Å². The zero-order chi connectivity index (χ0) is 17.1. The monoisotopic (exact) mass is 366 g/mol. The number of rotatable bonds is 3. The van der Waals surface area contributed by atoms with Gasteiger partial charge in [-0.3, -0.25) is 10.1 Å². The lowest BCUT2D eigenvalue weighted by Crippen LogP contribution is -2.42. The summed E-state index contributed by atoms with van der Waals surface area (Å²) in [4.78, 5) is 29.1. The van der Waals surface area contributed by atoms with Gasteiger partial charge in [0, 0.05) is 35.2 Å². The number of carboxylic acid groups (broad SMARTS) is 1. The normalized spacial score (nSPS) is 15.3. The number of aliphatic carboxylic acids is 1. The van der Waals surface area contributed by atoms with Crippen LogP contribution in [0.1, 0.15) is 12.8 Å². The summed E-state index contributed by atoms with van der Waals surface area (Å²) in [5.41, 5.74) is 0.779. The zero-order valence-corrected chi connectivity index (χ0v) is 14.2. The number of anilines is 1. The first-order valence-corrected chi connectivity index (χ1v) is 8.56. The lowest BCUT2D eigenvalue weighted by Gasteiger charge is -2.29. The van der Waals surface area contributed by atoms with Crippen molar-refractivity contribution in [2.75, 3.05) is 18.4 Å². The van der Waals surface area contributed by atoms with Gasteiger partial charge < -0.3 is 10.0 Å². The van der Waals surface area contributed by atoms with Crippen LogP contribution in [0.4, 0.5) is 9.93 Å². The second-order valence-corrected chi connectivity index (χ2v) is 6.65. The van der Waals surface area contributed by atoms with Gasteiger partial charge in [-0.05, 0) is 25.0 Å². The van der Waals surface area contributed by atoms with Gasteiger partial charge in [0.25, 0.3) is 0 Å². The van der Waals surface area contributed by atoms with Crippen molar-refractivity contribution in [2.24, 2.45) is 5.92 Å². The van der Waals surface area contributed by atoms with Crippen LogP contribution >= 0.6 is 23.1 Å². The van der Waals surface area contributed by atoms with E-state index in [1.165, 1.54) is 0 Å². The maximum atomic E-state index is 12.2. The van der Waals surface area contributed by atoms with Crippen molar-refractivity contribution in [3.63, 3.8) is 0 Å². The molecule has 1 aliphatic rings. The molecule has 0 aliphatic carbocycles. The molecule has 1 aromatic heterocycles. The molecule has 0 unspecified atom stereocenters. The molecule has 0 bridgehead atoms. The SMILES string of the molecule is O=C(O)C1CCN(C(=O)Nc2nc(-c3cccc(Cl)c3)ns2)CC1. The molecule has 2 amide bonds. The number of hydrogen-bond acceptors (Lipinski definition) is 5. The molecule has 1 aliphatic heterocycles. The minimum Gasteiger partial charge on any atom is -0.481 e. The van der Waals surface area contributed by atoms with Crippen LogP contribution in [0, 0.1) is 5.92 Å². The summed E-state index contributed by atoms with van der Waals surface area (Å²) in [7, 11) is 0. The lowest BCUT2D eigenvalue weighted by molar-refractivity contribution is -0.143. The standard InChI is InChI=1S/C15H15ClN4O3S/c16-11-3-1-2-10(8-11)12-17-14(24-19-12)18-15(23)20-6-4-9(5-7-20)13(21)22/h1-3,8-9H,4-7H2,(H,21,22)(H,17,18,19,23). The van der Waals surface area contributed by atoms with E-state index in [0.717, 1.165) is 17.1 Å². The minimum atomic E-state index is -0.801. The Hall–Kier alpha value is -2.19. The number of piperidine rings is 1. The molecular weight excluding hydrogens is 352 g/mol. The predicted molar refractivity (Wildman–Crippen MR) is 91.3 cm³/mol. The molecular formula is C15H15ClN4O3S. The third-order valence-corrected chi connectivity index (χ3v) is 4.72. The van der Waals surface area contributed by atoms with E-state index in [1.54, 1.807) is 17.0 Å². The van der Waals surface area contributed by atoms with E-state index < -0.39 is 5.97 Å². The number of hydrogen-bond donors (Lipinski definition) is 2. The fourth-order valence-electron chi connectivity index (χ4n) is 2.52. The third kappa shape index (κ3) is 3.82. The molecule has 0 spiro atoms. The third-order valence-electron chi connectivity index (χ3n) is 3.85. The van der Waals surface area contributed by atoms with Crippen LogP contribution in [-0.2, 0) is 4.79 Å². The fraction of sp³-hybridized carbons (Fsp3) is 0.333. The minimum absolute atomic E-state index is 0.285. The summed E-state index contributed by atoms with van der Waals surface area (Å²) in [6.07, 6.45) is 0.930. The smallest absolute Gasteiger partial charge is 0.323 e. The number of nitrogens with zero attached hydrogens (tertiary/aromatic N) is 3. The van der Waals surface area contributed by atoms with E-state index in [-0.39, 0.29) is 11.9 Å². The van der Waals surface area contributed by atoms with Gasteiger partial charge in [-0.25, -0.2) is 4.79 Å². The molecule has 0 atom stereocenters. The van der Waals surface area contributed by atoms with Crippen LogP contribution in [0.25, 0.3) is 11.4 Å². The summed E-state index contributed by atoms with van der Waals surface area (Å²) < 4.78 is 4.22. The van der Waals surface area contributed by atoms with Crippen LogP contribution < -0.4 is 5.32 Å². The van der Waals surface area contributed by atoms with Crippen molar-refractivity contribution in [3.05, 3.63) is 29.3 Å². The molecule has 1 saturated heterocycles. The Bertz CT molecular complexity index is 759. The highest BCUT2D eigenvalue weighted by Gasteiger charge is 2.27. The van der Waals surface area contributed by atoms with Crippen LogP contribution in [0.2, 0.25) is 5.02 Å². The Labute approximate surface area is 147 Å². The molecule has 0 radical (unpaired) electrons. The molecule has 0 saturated carbocycles. The van der Waals surface area contributed by atoms with Gasteiger partial charge in [-0.15, -0.1) is 0 Å². The summed E-state index contributed by atoms with van der Waals surface area (Å²) in [5, 5.41) is 12.7. The Morgan fingerprint density at radius 1 is 1.33 bits per heavy atom. The van der Waals surface area contributed by atoms with Crippen LogP contribution in [-0.4, -0.2) is 44.5 Å². The number of carbonyl (C=O) groups excluding carboxylic acids is 1. The summed E-state index contributed by atoms with van der Waals surface area (Å²) in [5.74, 6) is -0.669. The van der Waals surface area contributed by atoms with E-state index in [1.807, 2.05) is 12.1 Å². The highest BCUT2D eigenvalue weighted by Crippen LogP contribution is 2.24. The van der Waals surface area contributed by atoms with Gasteiger partial charge in [0.2, 0.25) is 5.13 Å². The molecule has 126 valence electrons. The largest absolute Gasteiger partial charge is 0.481 e. The molecule has 9 heteroatoms. The van der Waals surface area contributed by atoms with Crippen molar-refractivity contribution in [1.29, 1.82) is 0 Å². The van der Waals surface area contributed by atoms with Gasteiger partial charge in [0.1, 0.15) is 0 Å². The first-order valence-electron chi connectivity index (χ1n) is 7.41. The van der Waals surface area contributed by atoms with Crippen molar-refractivity contribution < 1.29 is 14.7 Å². The van der Waals surface area contributed by atoms with Crippen molar-refractivity contribution in [3.8, 4) is 11.4 Å². The van der Waals surface area contributed by atoms with Gasteiger partial charge in [-0.1, -0.05) is 23.7 Å². The average Bonchev–Trinajstić information content (AvgIpc) is 3.03. The predicted octanol–water partition coefficient (Wildman–Crippen LogP) is 3.19. The highest BCUT2D eigenvalue weighted by atomic mass is 35.5. The molecule has 1 fully saturated rings. The topological polar surface area (TPSA) is 95.4 Å². The summed E-state index contributed by atoms with van der Waals surface area (Å²) in [6, 6.07) is 6.89. The maximum absolute atomic E-state index is 12.2. The maximum Gasteiger partial charge on any atom is 0.323 e. The van der Waals surface area contributed by atoms with Crippen LogP contribution in [0.15, 0.2) is 24.3 Å². The van der Waals surface area contributed by atoms with Crippen molar-refractivity contribution in [2.45, 2.75) is 12.8 Å². The molecule has 2 aromatic rings. The number of aromatic nitrogens is 2. The number of carboxylic acids is 1. The van der Waals surface area contributed by atoms with Crippen LogP contribution in [0.5, 0.6) is 0 Å². The molecule has 3 rings (SSSR count). The van der Waals surface area contributed by atoms with Gasteiger partial charge in [-0.2, -0.15) is 9.36 Å². The van der Waals surface area contributed by atoms with Gasteiger partial charge in [0.05, 0.1) is 5.92 Å². The van der Waals surface area contributed by atoms with Gasteiger partial charge >= 0.3 is 12.0 Å². The molecule has 24 heavy (non-hydrogen) atoms. The molecule has 7 nitrogen and oxygen atoms in total. The Morgan fingerprint density at radius 3 is 2.75 bits per heavy atom. The lowest BCUT2D eigenvalue weighted by atomic mass is 9.97. The number of urea groups is 1. The fourth-order valence-corrected chi connectivity index (χ4v) is 3.29. The van der Waals surface area contributed by atoms with Gasteiger partial charge in [0.15, 0.2) is 5.82 Å². The molecule has 2 N–H and O–H groups in total. The second kappa shape index (κ2) is 7.14. The van der Waals surface area contributed by atoms with Crippen molar-refractivity contribution >= 4 is 40.3 Å². The number of benzene rings is 1. The van der Waals surface area contributed by atoms with Crippen molar-refractivity contribution in [1.82, 2.24) is 14.3 Å². The summed E-state index contributed by atoms with van der Waals surface area (Å²) in [6.45, 7) is 0.839. The zero-order valence-electron chi connectivity index (χ0n) is 12.6.